The maximum atomic E-state index is 12.4. The highest BCUT2D eigenvalue weighted by Crippen LogP contribution is 2.36. The molecule has 0 aliphatic carbocycles. The van der Waals surface area contributed by atoms with Gasteiger partial charge < -0.3 is 10.4 Å². The third kappa shape index (κ3) is 4.39. The zero-order valence-electron chi connectivity index (χ0n) is 14.6. The third-order valence-electron chi connectivity index (χ3n) is 4.17. The van der Waals surface area contributed by atoms with Gasteiger partial charge in [-0.25, -0.2) is 4.79 Å². The van der Waals surface area contributed by atoms with Gasteiger partial charge >= 0.3 is 5.97 Å². The lowest BCUT2D eigenvalue weighted by Gasteiger charge is -2.07. The Bertz CT molecular complexity index is 1070. The van der Waals surface area contributed by atoms with E-state index in [0.29, 0.717) is 28.1 Å². The van der Waals surface area contributed by atoms with Crippen molar-refractivity contribution in [1.29, 1.82) is 5.26 Å². The van der Waals surface area contributed by atoms with Crippen molar-refractivity contribution in [1.82, 2.24) is 0 Å². The van der Waals surface area contributed by atoms with Gasteiger partial charge in [0.1, 0.15) is 10.6 Å². The van der Waals surface area contributed by atoms with Crippen LogP contribution < -0.4 is 5.32 Å². The molecule has 1 aromatic heterocycles. The van der Waals surface area contributed by atoms with Crippen LogP contribution in [-0.4, -0.2) is 17.0 Å². The number of nitriles is 1. The minimum Gasteiger partial charge on any atom is -0.478 e. The van der Waals surface area contributed by atoms with Gasteiger partial charge in [0.15, 0.2) is 0 Å². The molecule has 0 spiro atoms. The summed E-state index contributed by atoms with van der Waals surface area (Å²) in [6.07, 6.45) is 0.541. The van der Waals surface area contributed by atoms with Gasteiger partial charge in [0.2, 0.25) is 5.91 Å². The van der Waals surface area contributed by atoms with Crippen molar-refractivity contribution in [3.63, 3.8) is 0 Å². The molecule has 5 nitrogen and oxygen atoms in total. The molecule has 2 N–H and O–H groups in total. The van der Waals surface area contributed by atoms with Gasteiger partial charge in [0.05, 0.1) is 11.6 Å². The fourth-order valence-electron chi connectivity index (χ4n) is 2.79. The van der Waals surface area contributed by atoms with Crippen LogP contribution in [0.5, 0.6) is 0 Å². The van der Waals surface area contributed by atoms with Gasteiger partial charge in [0.25, 0.3) is 0 Å². The van der Waals surface area contributed by atoms with E-state index in [1.54, 1.807) is 47.8 Å². The van der Waals surface area contributed by atoms with E-state index < -0.39 is 5.97 Å². The summed E-state index contributed by atoms with van der Waals surface area (Å²) in [5.74, 6) is -1.42. The zero-order chi connectivity index (χ0) is 20.1. The second-order valence-corrected chi connectivity index (χ2v) is 7.30. The van der Waals surface area contributed by atoms with Crippen molar-refractivity contribution < 1.29 is 14.7 Å². The molecule has 1 heterocycles. The molecule has 28 heavy (non-hydrogen) atoms. The Morgan fingerprint density at radius 2 is 1.86 bits per heavy atom. The van der Waals surface area contributed by atoms with Crippen molar-refractivity contribution in [2.45, 2.75) is 12.8 Å². The summed E-state index contributed by atoms with van der Waals surface area (Å²) in [6.45, 7) is 0. The van der Waals surface area contributed by atoms with Crippen LogP contribution in [0, 0.1) is 11.3 Å². The monoisotopic (exact) mass is 410 g/mol. The number of hydrogen-bond donors (Lipinski definition) is 2. The normalized spacial score (nSPS) is 10.3. The summed E-state index contributed by atoms with van der Waals surface area (Å²) in [7, 11) is 0. The second kappa shape index (κ2) is 8.70. The topological polar surface area (TPSA) is 90.2 Å². The number of hydrogen-bond acceptors (Lipinski definition) is 4. The molecule has 0 aliphatic rings. The number of amides is 1. The first-order valence-electron chi connectivity index (χ1n) is 8.38. The standard InChI is InChI=1S/C21H15ClN2O3S/c22-16-8-5-14(6-9-16)17-12-28-20(19(17)21(26)27)24-18(25)10-7-13-3-1-2-4-15(13)11-23/h1-6,8-9,12H,7,10H2,(H,24,25)(H,26,27). The van der Waals surface area contributed by atoms with E-state index in [1.165, 1.54) is 0 Å². The number of carboxylic acids is 1. The van der Waals surface area contributed by atoms with Crippen LogP contribution in [0.1, 0.15) is 27.9 Å². The first-order chi connectivity index (χ1) is 13.5. The first-order valence-corrected chi connectivity index (χ1v) is 9.64. The lowest BCUT2D eigenvalue weighted by atomic mass is 10.0. The number of carbonyl (C=O) groups excluding carboxylic acids is 1. The molecule has 0 radical (unpaired) electrons. The Kier molecular flexibility index (Phi) is 6.09. The molecule has 140 valence electrons. The predicted octanol–water partition coefficient (Wildman–Crippen LogP) is 5.21. The van der Waals surface area contributed by atoms with Gasteiger partial charge in [-0.2, -0.15) is 5.26 Å². The van der Waals surface area contributed by atoms with Gasteiger partial charge in [-0.05, 0) is 35.7 Å². The minimum atomic E-state index is -1.11. The van der Waals surface area contributed by atoms with Crippen molar-refractivity contribution in [2.24, 2.45) is 0 Å². The van der Waals surface area contributed by atoms with Crippen LogP contribution in [0.25, 0.3) is 11.1 Å². The van der Waals surface area contributed by atoms with E-state index in [0.717, 1.165) is 16.9 Å². The fourth-order valence-corrected chi connectivity index (χ4v) is 3.89. The molecule has 2 aromatic carbocycles. The van der Waals surface area contributed by atoms with Crippen LogP contribution in [0.2, 0.25) is 5.02 Å². The van der Waals surface area contributed by atoms with Gasteiger partial charge in [-0.3, -0.25) is 4.79 Å². The molecule has 0 bridgehead atoms. The summed E-state index contributed by atoms with van der Waals surface area (Å²) < 4.78 is 0. The van der Waals surface area contributed by atoms with E-state index in [9.17, 15) is 14.7 Å². The van der Waals surface area contributed by atoms with Gasteiger partial charge in [-0.1, -0.05) is 41.9 Å². The Hall–Kier alpha value is -3.14. The highest BCUT2D eigenvalue weighted by molar-refractivity contribution is 7.15. The van der Waals surface area contributed by atoms with Crippen LogP contribution >= 0.6 is 22.9 Å². The highest BCUT2D eigenvalue weighted by atomic mass is 35.5. The molecular formula is C21H15ClN2O3S. The number of rotatable bonds is 6. The Morgan fingerprint density at radius 1 is 1.14 bits per heavy atom. The van der Waals surface area contributed by atoms with Crippen LogP contribution in [0.15, 0.2) is 53.9 Å². The maximum Gasteiger partial charge on any atom is 0.339 e. The summed E-state index contributed by atoms with van der Waals surface area (Å²) in [4.78, 5) is 24.1. The third-order valence-corrected chi connectivity index (χ3v) is 5.32. The number of thiophene rings is 1. The summed E-state index contributed by atoms with van der Waals surface area (Å²) in [5.41, 5.74) is 2.60. The average Bonchev–Trinajstić information content (AvgIpc) is 3.11. The number of aromatic carboxylic acids is 1. The molecule has 3 rings (SSSR count). The molecule has 0 fully saturated rings. The largest absolute Gasteiger partial charge is 0.478 e. The Labute approximate surface area is 170 Å². The molecular weight excluding hydrogens is 396 g/mol. The minimum absolute atomic E-state index is 0.0538. The number of aryl methyl sites for hydroxylation is 1. The molecule has 0 atom stereocenters. The number of anilines is 1. The predicted molar refractivity (Wildman–Crippen MR) is 110 cm³/mol. The number of nitrogens with one attached hydrogen (secondary N) is 1. The fraction of sp³-hybridized carbons (Fsp3) is 0.0952. The van der Waals surface area contributed by atoms with E-state index in [-0.39, 0.29) is 22.9 Å². The van der Waals surface area contributed by atoms with E-state index in [4.69, 9.17) is 16.9 Å². The molecule has 0 unspecified atom stereocenters. The molecule has 1 amide bonds. The number of benzene rings is 2. The van der Waals surface area contributed by atoms with E-state index in [2.05, 4.69) is 11.4 Å². The molecule has 0 saturated heterocycles. The van der Waals surface area contributed by atoms with Gasteiger partial charge in [0, 0.05) is 22.4 Å². The summed E-state index contributed by atoms with van der Waals surface area (Å²) in [5, 5.41) is 24.0. The van der Waals surface area contributed by atoms with Gasteiger partial charge in [-0.15, -0.1) is 11.3 Å². The number of halogens is 1. The van der Waals surface area contributed by atoms with Crippen LogP contribution in [0.4, 0.5) is 5.00 Å². The zero-order valence-corrected chi connectivity index (χ0v) is 16.2. The smallest absolute Gasteiger partial charge is 0.339 e. The Balaban J connectivity index is 1.77. The summed E-state index contributed by atoms with van der Waals surface area (Å²) in [6, 6.07) is 16.0. The molecule has 0 aliphatic heterocycles. The molecule has 3 aromatic rings. The van der Waals surface area contributed by atoms with E-state index in [1.807, 2.05) is 6.07 Å². The van der Waals surface area contributed by atoms with Crippen molar-refractivity contribution >= 4 is 39.8 Å². The van der Waals surface area contributed by atoms with Crippen molar-refractivity contribution in [2.75, 3.05) is 5.32 Å². The quantitative estimate of drug-likeness (QED) is 0.583. The average molecular weight is 411 g/mol. The molecule has 7 heteroatoms. The lowest BCUT2D eigenvalue weighted by Crippen LogP contribution is -2.14. The number of carboxylic acid groups (broad SMARTS) is 1. The molecule has 0 saturated carbocycles. The van der Waals surface area contributed by atoms with Crippen LogP contribution in [-0.2, 0) is 11.2 Å². The van der Waals surface area contributed by atoms with Crippen molar-refractivity contribution in [3.05, 3.63) is 75.6 Å². The lowest BCUT2D eigenvalue weighted by molar-refractivity contribution is -0.116. The van der Waals surface area contributed by atoms with Crippen LogP contribution in [0.3, 0.4) is 0 Å². The number of nitrogens with zero attached hydrogens (tertiary/aromatic N) is 1. The Morgan fingerprint density at radius 3 is 2.54 bits per heavy atom. The SMILES string of the molecule is N#Cc1ccccc1CCC(=O)Nc1scc(-c2ccc(Cl)cc2)c1C(=O)O. The second-order valence-electron chi connectivity index (χ2n) is 5.98. The first kappa shape index (κ1) is 19.6. The summed E-state index contributed by atoms with van der Waals surface area (Å²) >= 11 is 7.05. The maximum absolute atomic E-state index is 12.4. The van der Waals surface area contributed by atoms with Crippen molar-refractivity contribution in [3.8, 4) is 17.2 Å². The number of carbonyl (C=O) groups is 2. The highest BCUT2D eigenvalue weighted by Gasteiger charge is 2.21. The van der Waals surface area contributed by atoms with E-state index >= 15 is 0 Å².